The van der Waals surface area contributed by atoms with Gasteiger partial charge in [0.1, 0.15) is 0 Å². The number of benzene rings is 1. The fraction of sp³-hybridized carbons (Fsp3) is 0.520. The van der Waals surface area contributed by atoms with E-state index in [1.807, 2.05) is 34.1 Å². The number of unbranched alkanes of at least 4 members (excludes halogenated alkanes) is 1. The quantitative estimate of drug-likeness (QED) is 0.534. The standard InChI is InChI=1S/C25H31ClN2O2S/c1-2-3-14-27(25(30)19-6-4-5-7-19)17-23(29)28-15-12-22-21(13-16-31-22)24(28)18-8-10-20(26)11-9-18/h8-11,13,16,19,24H,2-7,12,14-15,17H2,1H3. The molecule has 166 valence electrons. The number of carbonyl (C=O) groups excluding carboxylic acids is 2. The maximum Gasteiger partial charge on any atom is 0.242 e. The highest BCUT2D eigenvalue weighted by molar-refractivity contribution is 7.10. The molecule has 1 aliphatic heterocycles. The molecule has 0 spiro atoms. The van der Waals surface area contributed by atoms with Crippen LogP contribution in [0.1, 0.15) is 67.5 Å². The summed E-state index contributed by atoms with van der Waals surface area (Å²) in [5, 5.41) is 2.80. The molecule has 0 saturated heterocycles. The number of carbonyl (C=O) groups is 2. The normalized spacial score (nSPS) is 18.8. The third kappa shape index (κ3) is 4.98. The van der Waals surface area contributed by atoms with Crippen molar-refractivity contribution in [1.82, 2.24) is 9.80 Å². The molecule has 2 amide bonds. The highest BCUT2D eigenvalue weighted by atomic mass is 35.5. The van der Waals surface area contributed by atoms with E-state index in [0.29, 0.717) is 18.1 Å². The van der Waals surface area contributed by atoms with Gasteiger partial charge in [0.2, 0.25) is 11.8 Å². The zero-order chi connectivity index (χ0) is 21.8. The number of thiophene rings is 1. The topological polar surface area (TPSA) is 40.6 Å². The summed E-state index contributed by atoms with van der Waals surface area (Å²) >= 11 is 7.88. The molecule has 4 rings (SSSR count). The van der Waals surface area contributed by atoms with Gasteiger partial charge in [0.05, 0.1) is 12.6 Å². The van der Waals surface area contributed by atoms with Crippen LogP contribution in [0.3, 0.4) is 0 Å². The van der Waals surface area contributed by atoms with Crippen molar-refractivity contribution in [1.29, 1.82) is 0 Å². The van der Waals surface area contributed by atoms with Gasteiger partial charge in [-0.15, -0.1) is 11.3 Å². The molecule has 1 aromatic heterocycles. The van der Waals surface area contributed by atoms with Crippen LogP contribution < -0.4 is 0 Å². The van der Waals surface area contributed by atoms with E-state index < -0.39 is 0 Å². The minimum atomic E-state index is -0.116. The van der Waals surface area contributed by atoms with E-state index >= 15 is 0 Å². The van der Waals surface area contributed by atoms with E-state index in [-0.39, 0.29) is 30.3 Å². The first kappa shape index (κ1) is 22.3. The molecule has 1 aliphatic carbocycles. The van der Waals surface area contributed by atoms with Crippen LogP contribution in [-0.4, -0.2) is 41.2 Å². The lowest BCUT2D eigenvalue weighted by Crippen LogP contribution is -2.48. The van der Waals surface area contributed by atoms with E-state index in [4.69, 9.17) is 11.6 Å². The maximum absolute atomic E-state index is 13.6. The molecule has 0 N–H and O–H groups in total. The summed E-state index contributed by atoms with van der Waals surface area (Å²) in [5.74, 6) is 0.316. The Morgan fingerprint density at radius 3 is 2.61 bits per heavy atom. The Labute approximate surface area is 194 Å². The second kappa shape index (κ2) is 10.2. The fourth-order valence-corrected chi connectivity index (χ4v) is 5.92. The van der Waals surface area contributed by atoms with Crippen LogP contribution in [0.4, 0.5) is 0 Å². The fourth-order valence-electron chi connectivity index (χ4n) is 4.89. The SMILES string of the molecule is CCCCN(CC(=O)N1CCc2sccc2C1c1ccc(Cl)cc1)C(=O)C1CCCC1. The summed E-state index contributed by atoms with van der Waals surface area (Å²) in [6.45, 7) is 3.65. The molecule has 31 heavy (non-hydrogen) atoms. The van der Waals surface area contributed by atoms with Gasteiger partial charge in [-0.3, -0.25) is 9.59 Å². The van der Waals surface area contributed by atoms with Crippen molar-refractivity contribution in [3.05, 3.63) is 56.7 Å². The smallest absolute Gasteiger partial charge is 0.242 e. The van der Waals surface area contributed by atoms with Gasteiger partial charge in [-0.2, -0.15) is 0 Å². The molecular formula is C25H31ClN2O2S. The molecule has 2 aliphatic rings. The summed E-state index contributed by atoms with van der Waals surface area (Å²) < 4.78 is 0. The summed E-state index contributed by atoms with van der Waals surface area (Å²) in [7, 11) is 0. The number of amides is 2. The third-order valence-corrected chi connectivity index (χ3v) is 7.84. The van der Waals surface area contributed by atoms with E-state index in [0.717, 1.165) is 50.5 Å². The Morgan fingerprint density at radius 1 is 1.16 bits per heavy atom. The van der Waals surface area contributed by atoms with Crippen molar-refractivity contribution in [3.8, 4) is 0 Å². The van der Waals surface area contributed by atoms with Crippen molar-refractivity contribution in [2.24, 2.45) is 5.92 Å². The molecule has 1 unspecified atom stereocenters. The average Bonchev–Trinajstić information content (AvgIpc) is 3.48. The Hall–Kier alpha value is -1.85. The van der Waals surface area contributed by atoms with Crippen LogP contribution in [0, 0.1) is 5.92 Å². The lowest BCUT2D eigenvalue weighted by molar-refractivity contribution is -0.144. The van der Waals surface area contributed by atoms with Gasteiger partial charge < -0.3 is 9.80 Å². The lowest BCUT2D eigenvalue weighted by atomic mass is 9.93. The second-order valence-corrected chi connectivity index (χ2v) is 10.1. The largest absolute Gasteiger partial charge is 0.333 e. The minimum absolute atomic E-state index is 0.0410. The summed E-state index contributed by atoms with van der Waals surface area (Å²) in [4.78, 5) is 31.9. The molecule has 1 aromatic carbocycles. The van der Waals surface area contributed by atoms with Gasteiger partial charge in [-0.1, -0.05) is 49.9 Å². The van der Waals surface area contributed by atoms with Crippen molar-refractivity contribution < 1.29 is 9.59 Å². The molecule has 2 heterocycles. The van der Waals surface area contributed by atoms with Gasteiger partial charge in [0.25, 0.3) is 0 Å². The van der Waals surface area contributed by atoms with Crippen molar-refractivity contribution >= 4 is 34.8 Å². The van der Waals surface area contributed by atoms with Gasteiger partial charge >= 0.3 is 0 Å². The van der Waals surface area contributed by atoms with Gasteiger partial charge in [0.15, 0.2) is 0 Å². The Balaban J connectivity index is 1.57. The molecular weight excluding hydrogens is 428 g/mol. The number of hydrogen-bond donors (Lipinski definition) is 0. The van der Waals surface area contributed by atoms with E-state index in [9.17, 15) is 9.59 Å². The average molecular weight is 459 g/mol. The predicted octanol–water partition coefficient (Wildman–Crippen LogP) is 5.69. The molecule has 4 nitrogen and oxygen atoms in total. The van der Waals surface area contributed by atoms with E-state index in [1.54, 1.807) is 11.3 Å². The Kier molecular flexibility index (Phi) is 7.34. The van der Waals surface area contributed by atoms with Gasteiger partial charge in [-0.25, -0.2) is 0 Å². The van der Waals surface area contributed by atoms with Crippen LogP contribution in [0.25, 0.3) is 0 Å². The zero-order valence-corrected chi connectivity index (χ0v) is 19.8. The molecule has 2 aromatic rings. The van der Waals surface area contributed by atoms with Crippen molar-refractivity contribution in [2.75, 3.05) is 19.6 Å². The highest BCUT2D eigenvalue weighted by Crippen LogP contribution is 2.38. The lowest BCUT2D eigenvalue weighted by Gasteiger charge is -2.38. The molecule has 6 heteroatoms. The summed E-state index contributed by atoms with van der Waals surface area (Å²) in [6.07, 6.45) is 6.98. The Bertz CT molecular complexity index is 905. The zero-order valence-electron chi connectivity index (χ0n) is 18.2. The Morgan fingerprint density at radius 2 is 1.90 bits per heavy atom. The van der Waals surface area contributed by atoms with Crippen LogP contribution in [0.5, 0.6) is 0 Å². The highest BCUT2D eigenvalue weighted by Gasteiger charge is 2.35. The van der Waals surface area contributed by atoms with E-state index in [2.05, 4.69) is 18.4 Å². The molecule has 0 radical (unpaired) electrons. The molecule has 1 saturated carbocycles. The van der Waals surface area contributed by atoms with Gasteiger partial charge in [0, 0.05) is 28.9 Å². The minimum Gasteiger partial charge on any atom is -0.333 e. The van der Waals surface area contributed by atoms with Crippen LogP contribution in [-0.2, 0) is 16.0 Å². The van der Waals surface area contributed by atoms with Gasteiger partial charge in [-0.05, 0) is 60.4 Å². The number of halogens is 1. The predicted molar refractivity (Wildman–Crippen MR) is 126 cm³/mol. The summed E-state index contributed by atoms with van der Waals surface area (Å²) in [6, 6.07) is 9.82. The molecule has 1 fully saturated rings. The number of nitrogens with zero attached hydrogens (tertiary/aromatic N) is 2. The molecule has 0 bridgehead atoms. The molecule has 1 atom stereocenters. The second-order valence-electron chi connectivity index (χ2n) is 8.69. The van der Waals surface area contributed by atoms with Crippen LogP contribution in [0.2, 0.25) is 5.02 Å². The number of rotatable bonds is 7. The first-order chi connectivity index (χ1) is 15.1. The number of hydrogen-bond acceptors (Lipinski definition) is 3. The maximum atomic E-state index is 13.6. The van der Waals surface area contributed by atoms with Crippen LogP contribution >= 0.6 is 22.9 Å². The first-order valence-corrected chi connectivity index (χ1v) is 12.7. The first-order valence-electron chi connectivity index (χ1n) is 11.5. The van der Waals surface area contributed by atoms with Crippen molar-refractivity contribution in [3.63, 3.8) is 0 Å². The van der Waals surface area contributed by atoms with Crippen LogP contribution in [0.15, 0.2) is 35.7 Å². The summed E-state index contributed by atoms with van der Waals surface area (Å²) in [5.41, 5.74) is 2.27. The monoisotopic (exact) mass is 458 g/mol. The number of fused-ring (bicyclic) bond motifs is 1. The van der Waals surface area contributed by atoms with Crippen molar-refractivity contribution in [2.45, 2.75) is 57.9 Å². The third-order valence-electron chi connectivity index (χ3n) is 6.60. The van der Waals surface area contributed by atoms with E-state index in [1.165, 1.54) is 10.4 Å².